The molecule has 0 fully saturated rings. The summed E-state index contributed by atoms with van der Waals surface area (Å²) in [7, 11) is 4.01. The Hall–Kier alpha value is -4.63. The van der Waals surface area contributed by atoms with Crippen LogP contribution >= 0.6 is 0 Å². The van der Waals surface area contributed by atoms with Gasteiger partial charge in [-0.2, -0.15) is 5.10 Å². The number of halogens is 1. The molecule has 0 atom stereocenters. The maximum Gasteiger partial charge on any atom is 0.178 e. The van der Waals surface area contributed by atoms with E-state index in [9.17, 15) is 4.39 Å². The molecule has 2 aromatic carbocycles. The van der Waals surface area contributed by atoms with Gasteiger partial charge in [-0.05, 0) is 67.7 Å². The number of imidazole rings is 1. The molecule has 9 heteroatoms. The SMILES string of the molecule is CN(C)CCNc1cc(F)cc(-c2ccnc3nc(-c4n[nH]c5ccc(-c6cccnc6)cc45)[nH]c23)c1. The topological polar surface area (TPSA) is 98.4 Å². The Bertz CT molecular complexity index is 1700. The molecular weight excluding hydrogens is 467 g/mol. The van der Waals surface area contributed by atoms with Crippen LogP contribution in [0.2, 0.25) is 0 Å². The standard InChI is InChI=1S/C28H25FN8/c1-37(2)11-10-31-21-13-19(12-20(29)15-21)22-7-9-32-27-25(22)33-28(34-27)26-23-14-17(5-6-24(23)35-36-26)18-4-3-8-30-16-18/h3-9,12-16,31H,10-11H2,1-2H3,(H,35,36)(H,32,33,34). The highest BCUT2D eigenvalue weighted by Crippen LogP contribution is 2.33. The molecule has 6 aromatic rings. The minimum absolute atomic E-state index is 0.309. The van der Waals surface area contributed by atoms with Gasteiger partial charge in [0.05, 0.1) is 11.0 Å². The van der Waals surface area contributed by atoms with Crippen molar-refractivity contribution in [3.8, 4) is 33.8 Å². The van der Waals surface area contributed by atoms with Crippen molar-refractivity contribution in [2.45, 2.75) is 0 Å². The predicted molar refractivity (Wildman–Crippen MR) is 145 cm³/mol. The van der Waals surface area contributed by atoms with Crippen LogP contribution in [0.3, 0.4) is 0 Å². The van der Waals surface area contributed by atoms with E-state index in [1.54, 1.807) is 12.4 Å². The quantitative estimate of drug-likeness (QED) is 0.278. The van der Waals surface area contributed by atoms with Crippen LogP contribution in [0, 0.1) is 5.82 Å². The van der Waals surface area contributed by atoms with E-state index in [4.69, 9.17) is 4.98 Å². The zero-order chi connectivity index (χ0) is 25.4. The van der Waals surface area contributed by atoms with E-state index < -0.39 is 0 Å². The third-order valence-electron chi connectivity index (χ3n) is 6.27. The van der Waals surface area contributed by atoms with Crippen molar-refractivity contribution in [2.75, 3.05) is 32.5 Å². The van der Waals surface area contributed by atoms with Gasteiger partial charge in [-0.1, -0.05) is 12.1 Å². The Kier molecular flexibility index (Phi) is 5.82. The second-order valence-corrected chi connectivity index (χ2v) is 9.18. The number of pyridine rings is 2. The van der Waals surface area contributed by atoms with Gasteiger partial charge < -0.3 is 15.2 Å². The van der Waals surface area contributed by atoms with E-state index >= 15 is 0 Å². The second kappa shape index (κ2) is 9.44. The first-order chi connectivity index (χ1) is 18.0. The molecule has 6 rings (SSSR count). The number of aromatic amines is 2. The van der Waals surface area contributed by atoms with E-state index in [0.717, 1.165) is 50.9 Å². The Balaban J connectivity index is 1.41. The van der Waals surface area contributed by atoms with Crippen LogP contribution < -0.4 is 5.32 Å². The van der Waals surface area contributed by atoms with E-state index in [1.165, 1.54) is 12.1 Å². The fourth-order valence-electron chi connectivity index (χ4n) is 4.44. The molecule has 37 heavy (non-hydrogen) atoms. The smallest absolute Gasteiger partial charge is 0.178 e. The van der Waals surface area contributed by atoms with Crippen molar-refractivity contribution in [2.24, 2.45) is 0 Å². The molecule has 0 spiro atoms. The largest absolute Gasteiger partial charge is 0.384 e. The number of hydrogen-bond donors (Lipinski definition) is 3. The van der Waals surface area contributed by atoms with Crippen molar-refractivity contribution in [3.05, 3.63) is 79.0 Å². The van der Waals surface area contributed by atoms with Crippen LogP contribution in [0.1, 0.15) is 0 Å². The molecule has 0 unspecified atom stereocenters. The molecule has 4 aromatic heterocycles. The fraction of sp³-hybridized carbons (Fsp3) is 0.143. The summed E-state index contributed by atoms with van der Waals surface area (Å²) in [6.07, 6.45) is 5.28. The maximum absolute atomic E-state index is 14.6. The molecule has 8 nitrogen and oxygen atoms in total. The van der Waals surface area contributed by atoms with Gasteiger partial charge >= 0.3 is 0 Å². The van der Waals surface area contributed by atoms with Crippen molar-refractivity contribution in [1.29, 1.82) is 0 Å². The first-order valence-corrected chi connectivity index (χ1v) is 12.0. The number of nitrogens with one attached hydrogen (secondary N) is 3. The summed E-state index contributed by atoms with van der Waals surface area (Å²) >= 11 is 0. The monoisotopic (exact) mass is 492 g/mol. The van der Waals surface area contributed by atoms with Gasteiger partial charge in [-0.3, -0.25) is 10.1 Å². The van der Waals surface area contributed by atoms with E-state index in [2.05, 4.69) is 41.4 Å². The molecule has 4 heterocycles. The Labute approximate surface area is 212 Å². The molecule has 0 amide bonds. The second-order valence-electron chi connectivity index (χ2n) is 9.18. The van der Waals surface area contributed by atoms with Crippen LogP contribution in [0.5, 0.6) is 0 Å². The molecule has 0 radical (unpaired) electrons. The summed E-state index contributed by atoms with van der Waals surface area (Å²) in [6, 6.07) is 16.9. The summed E-state index contributed by atoms with van der Waals surface area (Å²) in [5.74, 6) is 0.279. The first kappa shape index (κ1) is 22.8. The molecule has 0 bridgehead atoms. The van der Waals surface area contributed by atoms with Gasteiger partial charge in [-0.25, -0.2) is 14.4 Å². The first-order valence-electron chi connectivity index (χ1n) is 12.0. The third-order valence-corrected chi connectivity index (χ3v) is 6.27. The lowest BCUT2D eigenvalue weighted by Gasteiger charge is -2.13. The van der Waals surface area contributed by atoms with Gasteiger partial charge in [0.15, 0.2) is 11.5 Å². The van der Waals surface area contributed by atoms with Crippen molar-refractivity contribution < 1.29 is 4.39 Å². The van der Waals surface area contributed by atoms with Crippen molar-refractivity contribution >= 4 is 27.8 Å². The molecule has 184 valence electrons. The Morgan fingerprint density at radius 3 is 2.73 bits per heavy atom. The lowest BCUT2D eigenvalue weighted by molar-refractivity contribution is 0.425. The van der Waals surface area contributed by atoms with Crippen molar-refractivity contribution in [3.63, 3.8) is 0 Å². The average molecular weight is 493 g/mol. The average Bonchev–Trinajstić information content (AvgIpc) is 3.52. The molecule has 0 aliphatic heterocycles. The van der Waals surface area contributed by atoms with Crippen molar-refractivity contribution in [1.82, 2.24) is 35.0 Å². The third kappa shape index (κ3) is 4.52. The van der Waals surface area contributed by atoms with Crippen LogP contribution in [0.25, 0.3) is 55.8 Å². The van der Waals surface area contributed by atoms with Crippen LogP contribution in [-0.4, -0.2) is 62.2 Å². The van der Waals surface area contributed by atoms with E-state index in [0.29, 0.717) is 23.7 Å². The number of H-pyrrole nitrogens is 2. The number of hydrogen-bond acceptors (Lipinski definition) is 6. The molecule has 3 N–H and O–H groups in total. The summed E-state index contributed by atoms with van der Waals surface area (Å²) in [4.78, 5) is 18.9. The Morgan fingerprint density at radius 1 is 0.973 bits per heavy atom. The minimum Gasteiger partial charge on any atom is -0.384 e. The summed E-state index contributed by atoms with van der Waals surface area (Å²) in [6.45, 7) is 1.55. The van der Waals surface area contributed by atoms with Gasteiger partial charge in [0.2, 0.25) is 0 Å². The summed E-state index contributed by atoms with van der Waals surface area (Å²) < 4.78 is 14.6. The molecule has 0 saturated heterocycles. The highest BCUT2D eigenvalue weighted by atomic mass is 19.1. The zero-order valence-electron chi connectivity index (χ0n) is 20.5. The fourth-order valence-corrected chi connectivity index (χ4v) is 4.44. The molecule has 0 aliphatic carbocycles. The highest BCUT2D eigenvalue weighted by Gasteiger charge is 2.17. The van der Waals surface area contributed by atoms with Crippen LogP contribution in [-0.2, 0) is 0 Å². The number of benzene rings is 2. The van der Waals surface area contributed by atoms with Gasteiger partial charge in [0, 0.05) is 53.9 Å². The predicted octanol–water partition coefficient (Wildman–Crippen LogP) is 5.34. The van der Waals surface area contributed by atoms with Gasteiger partial charge in [0.1, 0.15) is 11.5 Å². The van der Waals surface area contributed by atoms with Gasteiger partial charge in [0.25, 0.3) is 0 Å². The zero-order valence-corrected chi connectivity index (χ0v) is 20.5. The number of aromatic nitrogens is 6. The Morgan fingerprint density at radius 2 is 1.89 bits per heavy atom. The molecule has 0 saturated carbocycles. The number of rotatable bonds is 7. The highest BCUT2D eigenvalue weighted by molar-refractivity contribution is 5.97. The normalized spacial score (nSPS) is 11.6. The maximum atomic E-state index is 14.6. The lowest BCUT2D eigenvalue weighted by Crippen LogP contribution is -2.20. The summed E-state index contributed by atoms with van der Waals surface area (Å²) in [5.41, 5.74) is 7.18. The van der Waals surface area contributed by atoms with Gasteiger partial charge in [-0.15, -0.1) is 0 Å². The lowest BCUT2D eigenvalue weighted by atomic mass is 10.0. The number of likely N-dealkylation sites (N-methyl/N-ethyl adjacent to an activating group) is 1. The number of anilines is 1. The van der Waals surface area contributed by atoms with E-state index in [1.807, 2.05) is 56.7 Å². The number of fused-ring (bicyclic) bond motifs is 2. The van der Waals surface area contributed by atoms with Crippen LogP contribution in [0.4, 0.5) is 10.1 Å². The minimum atomic E-state index is -0.309. The molecule has 0 aliphatic rings. The summed E-state index contributed by atoms with van der Waals surface area (Å²) in [5, 5.41) is 11.9. The van der Waals surface area contributed by atoms with Crippen LogP contribution in [0.15, 0.2) is 73.2 Å². The van der Waals surface area contributed by atoms with E-state index in [-0.39, 0.29) is 5.82 Å². The number of nitrogens with zero attached hydrogens (tertiary/aromatic N) is 5. The molecular formula is C28H25FN8.